The number of hydrogen-bond acceptors (Lipinski definition) is 6. The third-order valence-electron chi connectivity index (χ3n) is 10.2. The molecule has 0 bridgehead atoms. The van der Waals surface area contributed by atoms with Crippen LogP contribution in [0.25, 0.3) is 0 Å². The minimum absolute atomic E-state index is 0.121. The third kappa shape index (κ3) is 47.2. The van der Waals surface area contributed by atoms with Gasteiger partial charge in [0.15, 0.2) is 6.10 Å². The molecule has 0 fully saturated rings. The van der Waals surface area contributed by atoms with Crippen LogP contribution < -0.4 is 0 Å². The molecule has 0 spiro atoms. The highest BCUT2D eigenvalue weighted by atomic mass is 16.6. The molecule has 0 saturated carbocycles. The number of hydrogen-bond donors (Lipinski definition) is 0. The molecular weight excluding hydrogens is 757 g/mol. The quantitative estimate of drug-likeness (QED) is 0.0200. The molecule has 0 saturated heterocycles. The summed E-state index contributed by atoms with van der Waals surface area (Å²) in [5.41, 5.74) is 0. The molecule has 0 aliphatic carbocycles. The van der Waals surface area contributed by atoms with E-state index in [2.05, 4.69) is 63.3 Å². The lowest BCUT2D eigenvalue weighted by atomic mass is 10.0. The highest BCUT2D eigenvalue weighted by Crippen LogP contribution is 2.14. The van der Waals surface area contributed by atoms with E-state index >= 15 is 0 Å². The van der Waals surface area contributed by atoms with Gasteiger partial charge in [0.1, 0.15) is 13.2 Å². The number of allylic oxidation sites excluding steroid dienone is 16. The summed E-state index contributed by atoms with van der Waals surface area (Å²) in [6, 6.07) is 0. The Balaban J connectivity index is 4.56. The Kier molecular flexibility index (Phi) is 46.0. The third-order valence-corrected chi connectivity index (χ3v) is 10.2. The predicted molar refractivity (Wildman–Crippen MR) is 260 cm³/mol. The highest BCUT2D eigenvalue weighted by molar-refractivity contribution is 5.71. The van der Waals surface area contributed by atoms with Gasteiger partial charge in [-0.1, -0.05) is 227 Å². The van der Waals surface area contributed by atoms with Crippen molar-refractivity contribution in [2.45, 2.75) is 219 Å². The first-order valence-electron chi connectivity index (χ1n) is 24.8. The lowest BCUT2D eigenvalue weighted by Crippen LogP contribution is -2.30. The number of esters is 3. The molecule has 6 heteroatoms. The van der Waals surface area contributed by atoms with Gasteiger partial charge in [-0.3, -0.25) is 14.4 Å². The molecule has 0 rings (SSSR count). The van der Waals surface area contributed by atoms with Gasteiger partial charge in [-0.15, -0.1) is 0 Å². The van der Waals surface area contributed by atoms with Gasteiger partial charge in [-0.2, -0.15) is 0 Å². The Morgan fingerprint density at radius 1 is 0.361 bits per heavy atom. The molecule has 61 heavy (non-hydrogen) atoms. The van der Waals surface area contributed by atoms with Gasteiger partial charge >= 0.3 is 17.9 Å². The second-order valence-electron chi connectivity index (χ2n) is 16.1. The Hall–Kier alpha value is -3.67. The summed E-state index contributed by atoms with van der Waals surface area (Å²) in [6.07, 6.45) is 64.0. The van der Waals surface area contributed by atoms with Gasteiger partial charge in [0.05, 0.1) is 0 Å². The fourth-order valence-electron chi connectivity index (χ4n) is 6.49. The molecule has 0 heterocycles. The fraction of sp³-hybridized carbons (Fsp3) is 0.655. The van der Waals surface area contributed by atoms with Crippen LogP contribution in [0.5, 0.6) is 0 Å². The molecule has 6 nitrogen and oxygen atoms in total. The number of carbonyl (C=O) groups excluding carboxylic acids is 3. The molecule has 0 N–H and O–H groups in total. The number of carbonyl (C=O) groups is 3. The topological polar surface area (TPSA) is 78.9 Å². The van der Waals surface area contributed by atoms with Crippen molar-refractivity contribution in [2.24, 2.45) is 0 Å². The van der Waals surface area contributed by atoms with E-state index in [1.807, 2.05) is 54.7 Å². The van der Waals surface area contributed by atoms with Gasteiger partial charge in [0.25, 0.3) is 0 Å². The standard InChI is InChI=1S/C55H90O6/c1-4-7-10-13-16-19-22-25-26-27-28-31-33-36-39-42-45-48-54(57)60-51-52(61-55(58)49-46-43-40-37-34-30-24-21-18-15-12-9-6-3)50-59-53(56)47-44-41-38-35-32-29-23-20-17-14-11-8-5-2/h9,12,15,18,21,24-26,28,30-31,34,36-37,39-40,52H,4-8,10-11,13-14,16-17,19-20,22-23,27,29,32-33,35,38,41-51H2,1-3H3/b12-9+,18-15+,24-21+,26-25+,31-28+,34-30+,39-36+,40-37+. The van der Waals surface area contributed by atoms with Crippen molar-refractivity contribution in [1.29, 1.82) is 0 Å². The number of rotatable bonds is 43. The van der Waals surface area contributed by atoms with E-state index in [0.717, 1.165) is 51.4 Å². The van der Waals surface area contributed by atoms with E-state index in [1.54, 1.807) is 0 Å². The first-order chi connectivity index (χ1) is 30.0. The van der Waals surface area contributed by atoms with Crippen LogP contribution in [0.2, 0.25) is 0 Å². The van der Waals surface area contributed by atoms with Crippen molar-refractivity contribution < 1.29 is 28.6 Å². The first kappa shape index (κ1) is 57.3. The maximum absolute atomic E-state index is 12.7. The molecule has 1 atom stereocenters. The van der Waals surface area contributed by atoms with Crippen LogP contribution in [-0.2, 0) is 28.6 Å². The second-order valence-corrected chi connectivity index (χ2v) is 16.1. The lowest BCUT2D eigenvalue weighted by Gasteiger charge is -2.18. The lowest BCUT2D eigenvalue weighted by molar-refractivity contribution is -0.167. The summed E-state index contributed by atoms with van der Waals surface area (Å²) in [6.45, 7) is 6.37. The zero-order valence-corrected chi connectivity index (χ0v) is 39.4. The van der Waals surface area contributed by atoms with Gasteiger partial charge in [-0.25, -0.2) is 0 Å². The molecule has 346 valence electrons. The summed E-state index contributed by atoms with van der Waals surface area (Å²) >= 11 is 0. The van der Waals surface area contributed by atoms with Crippen molar-refractivity contribution in [3.8, 4) is 0 Å². The average molecular weight is 847 g/mol. The van der Waals surface area contributed by atoms with Crippen molar-refractivity contribution in [3.63, 3.8) is 0 Å². The second kappa shape index (κ2) is 49.0. The Morgan fingerprint density at radius 3 is 1.21 bits per heavy atom. The summed E-state index contributed by atoms with van der Waals surface area (Å²) < 4.78 is 16.6. The summed E-state index contributed by atoms with van der Waals surface area (Å²) in [5, 5.41) is 0. The number of ether oxygens (including phenoxy) is 3. The molecule has 0 aromatic heterocycles. The zero-order valence-electron chi connectivity index (χ0n) is 39.4. The SMILES string of the molecule is CC/C=C/C=C/C=C/C=C/C=C/CCCC(=O)OC(COC(=O)CCC/C=C/C/C=C/C/C=C/CCCCCCCC)COC(=O)CCCCCCCCCCCCCCC. The van der Waals surface area contributed by atoms with Crippen molar-refractivity contribution >= 4 is 17.9 Å². The van der Waals surface area contributed by atoms with E-state index < -0.39 is 12.1 Å². The largest absolute Gasteiger partial charge is 0.462 e. The van der Waals surface area contributed by atoms with Crippen molar-refractivity contribution in [3.05, 3.63) is 97.2 Å². The first-order valence-corrected chi connectivity index (χ1v) is 24.8. The molecule has 0 aliphatic heterocycles. The highest BCUT2D eigenvalue weighted by Gasteiger charge is 2.19. The Bertz CT molecular complexity index is 1250. The maximum atomic E-state index is 12.7. The van der Waals surface area contributed by atoms with Crippen LogP contribution >= 0.6 is 0 Å². The minimum Gasteiger partial charge on any atom is -0.462 e. The molecule has 0 amide bonds. The molecule has 0 aromatic rings. The normalized spacial score (nSPS) is 12.9. The van der Waals surface area contributed by atoms with E-state index in [-0.39, 0.29) is 38.0 Å². The molecular formula is C55H90O6. The summed E-state index contributed by atoms with van der Waals surface area (Å²) in [4.78, 5) is 37.8. The molecule has 0 radical (unpaired) electrons. The van der Waals surface area contributed by atoms with Crippen LogP contribution in [0.15, 0.2) is 97.2 Å². The summed E-state index contributed by atoms with van der Waals surface area (Å²) in [5.74, 6) is -1.06. The van der Waals surface area contributed by atoms with Crippen molar-refractivity contribution in [1.82, 2.24) is 0 Å². The van der Waals surface area contributed by atoms with Crippen molar-refractivity contribution in [2.75, 3.05) is 13.2 Å². The Labute approximate surface area is 375 Å². The van der Waals surface area contributed by atoms with E-state index in [0.29, 0.717) is 19.3 Å². The Morgan fingerprint density at radius 2 is 0.721 bits per heavy atom. The average Bonchev–Trinajstić information content (AvgIpc) is 3.26. The molecule has 0 aromatic carbocycles. The zero-order chi connectivity index (χ0) is 44.4. The van der Waals surface area contributed by atoms with Crippen LogP contribution in [0, 0.1) is 0 Å². The van der Waals surface area contributed by atoms with Crippen LogP contribution in [-0.4, -0.2) is 37.2 Å². The fourth-order valence-corrected chi connectivity index (χ4v) is 6.49. The maximum Gasteiger partial charge on any atom is 0.306 e. The minimum atomic E-state index is -0.833. The molecule has 1 unspecified atom stereocenters. The van der Waals surface area contributed by atoms with E-state index in [9.17, 15) is 14.4 Å². The van der Waals surface area contributed by atoms with Gasteiger partial charge in [-0.05, 0) is 64.2 Å². The monoisotopic (exact) mass is 847 g/mol. The molecule has 0 aliphatic rings. The number of unbranched alkanes of at least 4 members (excludes halogenated alkanes) is 20. The van der Waals surface area contributed by atoms with E-state index in [4.69, 9.17) is 14.2 Å². The predicted octanol–water partition coefficient (Wildman–Crippen LogP) is 16.2. The van der Waals surface area contributed by atoms with Gasteiger partial charge in [0.2, 0.25) is 0 Å². The summed E-state index contributed by atoms with van der Waals surface area (Å²) in [7, 11) is 0. The van der Waals surface area contributed by atoms with Crippen LogP contribution in [0.1, 0.15) is 213 Å². The van der Waals surface area contributed by atoms with Crippen LogP contribution in [0.3, 0.4) is 0 Å². The van der Waals surface area contributed by atoms with E-state index in [1.165, 1.54) is 109 Å². The van der Waals surface area contributed by atoms with Gasteiger partial charge in [0, 0.05) is 19.3 Å². The van der Waals surface area contributed by atoms with Crippen LogP contribution in [0.4, 0.5) is 0 Å². The smallest absolute Gasteiger partial charge is 0.306 e. The van der Waals surface area contributed by atoms with Gasteiger partial charge < -0.3 is 14.2 Å².